The van der Waals surface area contributed by atoms with Crippen LogP contribution in [0.2, 0.25) is 0 Å². The van der Waals surface area contributed by atoms with Crippen molar-refractivity contribution in [3.8, 4) is 11.5 Å². The molecule has 0 N–H and O–H groups in total. The zero-order chi connectivity index (χ0) is 15.2. The number of rotatable bonds is 6. The summed E-state index contributed by atoms with van der Waals surface area (Å²) in [6.45, 7) is 5.10. The van der Waals surface area contributed by atoms with Gasteiger partial charge in [0.05, 0.1) is 7.11 Å². The molecule has 0 saturated heterocycles. The van der Waals surface area contributed by atoms with Gasteiger partial charge in [-0.3, -0.25) is 9.59 Å². The Hall–Kier alpha value is -2.04. The Morgan fingerprint density at radius 3 is 2.10 bits per heavy atom. The highest BCUT2D eigenvalue weighted by atomic mass is 16.6. The molecule has 0 aliphatic heterocycles. The summed E-state index contributed by atoms with van der Waals surface area (Å²) < 4.78 is 15.4. The SMILES string of the molecule is COc1ccc(OCC(=O)CC(=O)OC(C)(C)C)cc1. The molecule has 0 fully saturated rings. The van der Waals surface area contributed by atoms with Gasteiger partial charge < -0.3 is 14.2 Å². The molecule has 1 aromatic carbocycles. The molecule has 0 aromatic heterocycles. The first-order chi connectivity index (χ1) is 9.30. The van der Waals surface area contributed by atoms with Crippen LogP contribution in [-0.4, -0.2) is 31.1 Å². The summed E-state index contributed by atoms with van der Waals surface area (Å²) in [4.78, 5) is 23.0. The number of ether oxygens (including phenoxy) is 3. The zero-order valence-corrected chi connectivity index (χ0v) is 12.3. The molecule has 0 aliphatic carbocycles. The molecule has 20 heavy (non-hydrogen) atoms. The Morgan fingerprint density at radius 1 is 1.05 bits per heavy atom. The van der Waals surface area contributed by atoms with E-state index in [-0.39, 0.29) is 18.8 Å². The lowest BCUT2D eigenvalue weighted by atomic mass is 10.2. The van der Waals surface area contributed by atoms with Crippen molar-refractivity contribution >= 4 is 11.8 Å². The van der Waals surface area contributed by atoms with Gasteiger partial charge in [0.25, 0.3) is 0 Å². The fourth-order valence-electron chi connectivity index (χ4n) is 1.43. The molecule has 0 aliphatic rings. The first-order valence-electron chi connectivity index (χ1n) is 6.30. The van der Waals surface area contributed by atoms with Crippen molar-refractivity contribution in [2.24, 2.45) is 0 Å². The third-order valence-electron chi connectivity index (χ3n) is 2.22. The lowest BCUT2D eigenvalue weighted by Gasteiger charge is -2.19. The number of esters is 1. The molecule has 1 rings (SSSR count). The molecule has 1 aromatic rings. The molecule has 0 amide bonds. The first-order valence-corrected chi connectivity index (χ1v) is 6.30. The standard InChI is InChI=1S/C15H20O5/c1-15(2,3)20-14(17)9-11(16)10-19-13-7-5-12(18-4)6-8-13/h5-8H,9-10H2,1-4H3. The van der Waals surface area contributed by atoms with E-state index in [1.54, 1.807) is 52.1 Å². The third kappa shape index (κ3) is 6.22. The largest absolute Gasteiger partial charge is 0.497 e. The number of carbonyl (C=O) groups is 2. The van der Waals surface area contributed by atoms with Crippen LogP contribution in [0, 0.1) is 0 Å². The maximum Gasteiger partial charge on any atom is 0.313 e. The molecule has 0 unspecified atom stereocenters. The van der Waals surface area contributed by atoms with Crippen molar-refractivity contribution in [1.82, 2.24) is 0 Å². The molecule has 0 heterocycles. The van der Waals surface area contributed by atoms with Crippen molar-refractivity contribution in [1.29, 1.82) is 0 Å². The highest BCUT2D eigenvalue weighted by Crippen LogP contribution is 2.17. The van der Waals surface area contributed by atoms with Crippen molar-refractivity contribution in [3.05, 3.63) is 24.3 Å². The minimum absolute atomic E-state index is 0.161. The molecule has 0 bridgehead atoms. The Morgan fingerprint density at radius 2 is 1.60 bits per heavy atom. The molecule has 110 valence electrons. The molecule has 0 saturated carbocycles. The van der Waals surface area contributed by atoms with Crippen LogP contribution in [0.3, 0.4) is 0 Å². The van der Waals surface area contributed by atoms with Crippen LogP contribution in [0.15, 0.2) is 24.3 Å². The predicted octanol–water partition coefficient (Wildman–Crippen LogP) is 2.37. The average Bonchev–Trinajstić information content (AvgIpc) is 2.34. The van der Waals surface area contributed by atoms with Gasteiger partial charge in [-0.15, -0.1) is 0 Å². The van der Waals surface area contributed by atoms with Crippen LogP contribution in [0.5, 0.6) is 11.5 Å². The number of benzene rings is 1. The second-order valence-electron chi connectivity index (χ2n) is 5.27. The van der Waals surface area contributed by atoms with E-state index in [0.717, 1.165) is 0 Å². The second kappa shape index (κ2) is 6.93. The van der Waals surface area contributed by atoms with Crippen molar-refractivity contribution in [2.45, 2.75) is 32.8 Å². The minimum Gasteiger partial charge on any atom is -0.497 e. The molecular weight excluding hydrogens is 260 g/mol. The van der Waals surface area contributed by atoms with Crippen LogP contribution in [0.25, 0.3) is 0 Å². The van der Waals surface area contributed by atoms with Gasteiger partial charge in [-0.1, -0.05) is 0 Å². The molecule has 0 spiro atoms. The van der Waals surface area contributed by atoms with E-state index < -0.39 is 11.6 Å². The summed E-state index contributed by atoms with van der Waals surface area (Å²) in [5.41, 5.74) is -0.589. The van der Waals surface area contributed by atoms with Gasteiger partial charge in [0.1, 0.15) is 30.1 Å². The Balaban J connectivity index is 2.37. The number of Topliss-reactive ketones (excluding diaryl/α,β-unsaturated/α-hetero) is 1. The number of methoxy groups -OCH3 is 1. The summed E-state index contributed by atoms with van der Waals surface area (Å²) in [7, 11) is 1.57. The van der Waals surface area contributed by atoms with Crippen LogP contribution >= 0.6 is 0 Å². The number of hydrogen-bond acceptors (Lipinski definition) is 5. The molecular formula is C15H20O5. The smallest absolute Gasteiger partial charge is 0.313 e. The van der Waals surface area contributed by atoms with Crippen molar-refractivity contribution in [3.63, 3.8) is 0 Å². The summed E-state index contributed by atoms with van der Waals surface area (Å²) >= 11 is 0. The Kier molecular flexibility index (Phi) is 5.55. The van der Waals surface area contributed by atoms with E-state index in [2.05, 4.69) is 0 Å². The summed E-state index contributed by atoms with van der Waals surface area (Å²) in [5.74, 6) is 0.386. The van der Waals surface area contributed by atoms with Crippen LogP contribution < -0.4 is 9.47 Å². The molecule has 0 radical (unpaired) electrons. The van der Waals surface area contributed by atoms with Gasteiger partial charge in [-0.2, -0.15) is 0 Å². The Bertz CT molecular complexity index is 456. The van der Waals surface area contributed by atoms with Gasteiger partial charge in [0.2, 0.25) is 0 Å². The third-order valence-corrected chi connectivity index (χ3v) is 2.22. The number of ketones is 1. The van der Waals surface area contributed by atoms with E-state index in [1.807, 2.05) is 0 Å². The van der Waals surface area contributed by atoms with Gasteiger partial charge in [0, 0.05) is 0 Å². The van der Waals surface area contributed by atoms with Crippen molar-refractivity contribution < 1.29 is 23.8 Å². The fraction of sp³-hybridized carbons (Fsp3) is 0.467. The van der Waals surface area contributed by atoms with E-state index in [1.165, 1.54) is 0 Å². The number of carbonyl (C=O) groups excluding carboxylic acids is 2. The molecule has 5 heteroatoms. The van der Waals surface area contributed by atoms with E-state index in [0.29, 0.717) is 11.5 Å². The van der Waals surface area contributed by atoms with Crippen LogP contribution in [-0.2, 0) is 14.3 Å². The topological polar surface area (TPSA) is 61.8 Å². The van der Waals surface area contributed by atoms with E-state index in [4.69, 9.17) is 14.2 Å². The maximum atomic E-state index is 11.6. The minimum atomic E-state index is -0.589. The fourth-order valence-corrected chi connectivity index (χ4v) is 1.43. The van der Waals surface area contributed by atoms with E-state index >= 15 is 0 Å². The van der Waals surface area contributed by atoms with Gasteiger partial charge in [-0.05, 0) is 45.0 Å². The normalized spacial score (nSPS) is 10.8. The maximum absolute atomic E-state index is 11.6. The van der Waals surface area contributed by atoms with Crippen molar-refractivity contribution in [2.75, 3.05) is 13.7 Å². The second-order valence-corrected chi connectivity index (χ2v) is 5.27. The van der Waals surface area contributed by atoms with Crippen LogP contribution in [0.4, 0.5) is 0 Å². The summed E-state index contributed by atoms with van der Waals surface area (Å²) in [6, 6.07) is 6.85. The lowest BCUT2D eigenvalue weighted by Crippen LogP contribution is -2.26. The Labute approximate surface area is 118 Å². The first kappa shape index (κ1) is 16.0. The number of hydrogen-bond donors (Lipinski definition) is 0. The van der Waals surface area contributed by atoms with Crippen LogP contribution in [0.1, 0.15) is 27.2 Å². The van der Waals surface area contributed by atoms with E-state index in [9.17, 15) is 9.59 Å². The predicted molar refractivity (Wildman–Crippen MR) is 74.0 cm³/mol. The molecule has 5 nitrogen and oxygen atoms in total. The average molecular weight is 280 g/mol. The summed E-state index contributed by atoms with van der Waals surface area (Å²) in [6.07, 6.45) is -0.284. The quantitative estimate of drug-likeness (QED) is 0.591. The summed E-state index contributed by atoms with van der Waals surface area (Å²) in [5, 5.41) is 0. The molecule has 0 atom stereocenters. The highest BCUT2D eigenvalue weighted by molar-refractivity contribution is 5.96. The van der Waals surface area contributed by atoms with Gasteiger partial charge >= 0.3 is 5.97 Å². The van der Waals surface area contributed by atoms with Gasteiger partial charge in [-0.25, -0.2) is 0 Å². The monoisotopic (exact) mass is 280 g/mol. The highest BCUT2D eigenvalue weighted by Gasteiger charge is 2.19. The van der Waals surface area contributed by atoms with Gasteiger partial charge in [0.15, 0.2) is 5.78 Å². The lowest BCUT2D eigenvalue weighted by molar-refractivity contribution is -0.156. The zero-order valence-electron chi connectivity index (χ0n) is 12.3.